The second-order valence-electron chi connectivity index (χ2n) is 5.70. The number of hydrogen-bond acceptors (Lipinski definition) is 6. The van der Waals surface area contributed by atoms with Gasteiger partial charge in [0.15, 0.2) is 5.79 Å². The van der Waals surface area contributed by atoms with Crippen molar-refractivity contribution < 1.29 is 14.3 Å². The number of carbonyl (C=O) groups excluding carboxylic acids is 1. The molecule has 0 unspecified atom stereocenters. The predicted molar refractivity (Wildman–Crippen MR) is 78.9 cm³/mol. The molecule has 1 aromatic heterocycles. The van der Waals surface area contributed by atoms with Gasteiger partial charge in [-0.15, -0.1) is 5.10 Å². The molecule has 2 aliphatic heterocycles. The summed E-state index contributed by atoms with van der Waals surface area (Å²) in [6.07, 6.45) is 2.96. The number of aromatic nitrogens is 4. The van der Waals surface area contributed by atoms with Gasteiger partial charge in [-0.2, -0.15) is 0 Å². The van der Waals surface area contributed by atoms with Crippen molar-refractivity contribution in [3.8, 4) is 5.69 Å². The van der Waals surface area contributed by atoms with Crippen LogP contribution in [0.15, 0.2) is 30.6 Å². The molecule has 0 aliphatic carbocycles. The molecule has 2 fully saturated rings. The second-order valence-corrected chi connectivity index (χ2v) is 5.70. The van der Waals surface area contributed by atoms with Crippen LogP contribution in [0.4, 0.5) is 0 Å². The van der Waals surface area contributed by atoms with Crippen LogP contribution >= 0.6 is 0 Å². The minimum absolute atomic E-state index is 0.0288. The third kappa shape index (κ3) is 2.71. The van der Waals surface area contributed by atoms with E-state index in [1.54, 1.807) is 16.8 Å². The van der Waals surface area contributed by atoms with Gasteiger partial charge in [0.1, 0.15) is 6.33 Å². The average molecular weight is 315 g/mol. The molecule has 1 amide bonds. The zero-order valence-electron chi connectivity index (χ0n) is 12.6. The Balaban J connectivity index is 1.43. The van der Waals surface area contributed by atoms with E-state index in [4.69, 9.17) is 9.47 Å². The first-order valence-electron chi connectivity index (χ1n) is 7.66. The minimum atomic E-state index is -0.458. The lowest BCUT2D eigenvalue weighted by atomic mass is 10.0. The smallest absolute Gasteiger partial charge is 0.253 e. The number of nitrogens with zero attached hydrogens (tertiary/aromatic N) is 5. The number of piperidine rings is 1. The van der Waals surface area contributed by atoms with Gasteiger partial charge in [0.2, 0.25) is 0 Å². The maximum atomic E-state index is 12.6. The van der Waals surface area contributed by atoms with Crippen molar-refractivity contribution in [3.63, 3.8) is 0 Å². The van der Waals surface area contributed by atoms with Gasteiger partial charge >= 0.3 is 0 Å². The molecule has 8 heteroatoms. The number of hydrogen-bond donors (Lipinski definition) is 0. The Morgan fingerprint density at radius 2 is 1.78 bits per heavy atom. The van der Waals surface area contributed by atoms with E-state index in [0.29, 0.717) is 31.9 Å². The van der Waals surface area contributed by atoms with E-state index in [2.05, 4.69) is 15.5 Å². The molecule has 0 radical (unpaired) electrons. The number of carbonyl (C=O) groups is 1. The maximum Gasteiger partial charge on any atom is 0.253 e. The van der Waals surface area contributed by atoms with E-state index in [1.807, 2.05) is 17.0 Å². The van der Waals surface area contributed by atoms with E-state index in [0.717, 1.165) is 18.5 Å². The fourth-order valence-electron chi connectivity index (χ4n) is 3.06. The van der Waals surface area contributed by atoms with Crippen LogP contribution < -0.4 is 0 Å². The molecule has 120 valence electrons. The molecule has 3 heterocycles. The normalized spacial score (nSPS) is 20.1. The van der Waals surface area contributed by atoms with Gasteiger partial charge in [0.25, 0.3) is 5.91 Å². The standard InChI is InChI=1S/C15H17N5O3/c21-14(19-7-5-15(6-8-19)22-9-10-23-15)12-1-3-13(4-2-12)20-11-16-17-18-20/h1-4,11H,5-10H2. The highest BCUT2D eigenvalue weighted by atomic mass is 16.7. The Morgan fingerprint density at radius 1 is 1.09 bits per heavy atom. The molecule has 1 spiro atoms. The molecular weight excluding hydrogens is 298 g/mol. The average Bonchev–Trinajstić information content (AvgIpc) is 3.28. The minimum Gasteiger partial charge on any atom is -0.347 e. The highest BCUT2D eigenvalue weighted by Gasteiger charge is 2.40. The monoisotopic (exact) mass is 315 g/mol. The molecule has 1 aromatic carbocycles. The Kier molecular flexibility index (Phi) is 3.55. The van der Waals surface area contributed by atoms with Gasteiger partial charge in [-0.3, -0.25) is 4.79 Å². The van der Waals surface area contributed by atoms with Crippen molar-refractivity contribution in [1.29, 1.82) is 0 Å². The van der Waals surface area contributed by atoms with Crippen LogP contribution in [0.2, 0.25) is 0 Å². The molecule has 0 bridgehead atoms. The largest absolute Gasteiger partial charge is 0.347 e. The van der Waals surface area contributed by atoms with Crippen molar-refractivity contribution in [1.82, 2.24) is 25.1 Å². The lowest BCUT2D eigenvalue weighted by molar-refractivity contribution is -0.181. The van der Waals surface area contributed by atoms with Crippen LogP contribution in [-0.4, -0.2) is 63.1 Å². The number of rotatable bonds is 2. The van der Waals surface area contributed by atoms with Crippen molar-refractivity contribution in [2.75, 3.05) is 26.3 Å². The lowest BCUT2D eigenvalue weighted by Gasteiger charge is -2.37. The van der Waals surface area contributed by atoms with Gasteiger partial charge in [-0.1, -0.05) is 0 Å². The summed E-state index contributed by atoms with van der Waals surface area (Å²) < 4.78 is 12.9. The quantitative estimate of drug-likeness (QED) is 0.809. The van der Waals surface area contributed by atoms with Gasteiger partial charge in [-0.25, -0.2) is 4.68 Å². The van der Waals surface area contributed by atoms with Gasteiger partial charge in [0.05, 0.1) is 18.9 Å². The molecule has 0 N–H and O–H groups in total. The van der Waals surface area contributed by atoms with Crippen molar-refractivity contribution >= 4 is 5.91 Å². The summed E-state index contributed by atoms with van der Waals surface area (Å²) in [5.74, 6) is -0.429. The van der Waals surface area contributed by atoms with Crippen LogP contribution in [-0.2, 0) is 9.47 Å². The van der Waals surface area contributed by atoms with Gasteiger partial charge < -0.3 is 14.4 Å². The SMILES string of the molecule is O=C(c1ccc(-n2cnnn2)cc1)N1CCC2(CC1)OCCO2. The first-order valence-corrected chi connectivity index (χ1v) is 7.66. The molecule has 2 aliphatic rings. The van der Waals surface area contributed by atoms with Crippen LogP contribution in [0.5, 0.6) is 0 Å². The molecule has 2 saturated heterocycles. The van der Waals surface area contributed by atoms with Crippen LogP contribution in [0.25, 0.3) is 5.69 Å². The van der Waals surface area contributed by atoms with E-state index in [9.17, 15) is 4.79 Å². The topological polar surface area (TPSA) is 82.4 Å². The zero-order valence-corrected chi connectivity index (χ0v) is 12.6. The van der Waals surface area contributed by atoms with E-state index < -0.39 is 5.79 Å². The molecular formula is C15H17N5O3. The van der Waals surface area contributed by atoms with E-state index in [1.165, 1.54) is 6.33 Å². The number of ether oxygens (including phenoxy) is 2. The number of tetrazole rings is 1. The summed E-state index contributed by atoms with van der Waals surface area (Å²) in [6, 6.07) is 7.26. The number of amides is 1. The van der Waals surface area contributed by atoms with Crippen molar-refractivity contribution in [3.05, 3.63) is 36.2 Å². The summed E-state index contributed by atoms with van der Waals surface area (Å²) in [4.78, 5) is 14.4. The Labute approximate surface area is 133 Å². The van der Waals surface area contributed by atoms with Crippen molar-refractivity contribution in [2.45, 2.75) is 18.6 Å². The Bertz CT molecular complexity index is 670. The van der Waals surface area contributed by atoms with E-state index >= 15 is 0 Å². The molecule has 0 atom stereocenters. The first-order chi connectivity index (χ1) is 11.3. The van der Waals surface area contributed by atoms with Crippen molar-refractivity contribution in [2.24, 2.45) is 0 Å². The number of benzene rings is 1. The molecule has 0 saturated carbocycles. The zero-order chi connectivity index (χ0) is 15.7. The summed E-state index contributed by atoms with van der Waals surface area (Å²) in [5, 5.41) is 11.0. The maximum absolute atomic E-state index is 12.6. The molecule has 8 nitrogen and oxygen atoms in total. The fraction of sp³-hybridized carbons (Fsp3) is 0.467. The van der Waals surface area contributed by atoms with Gasteiger partial charge in [-0.05, 0) is 34.7 Å². The summed E-state index contributed by atoms with van der Waals surface area (Å²) in [7, 11) is 0. The second kappa shape index (κ2) is 5.71. The molecule has 2 aromatic rings. The van der Waals surface area contributed by atoms with Gasteiger partial charge in [0, 0.05) is 31.5 Å². The first kappa shape index (κ1) is 14.3. The lowest BCUT2D eigenvalue weighted by Crippen LogP contribution is -2.47. The van der Waals surface area contributed by atoms with Crippen LogP contribution in [0, 0.1) is 0 Å². The van der Waals surface area contributed by atoms with Crippen LogP contribution in [0.1, 0.15) is 23.2 Å². The highest BCUT2D eigenvalue weighted by molar-refractivity contribution is 5.94. The molecule has 4 rings (SSSR count). The Hall–Kier alpha value is -2.32. The third-order valence-corrected chi connectivity index (χ3v) is 4.35. The number of likely N-dealkylation sites (tertiary alicyclic amines) is 1. The third-order valence-electron chi connectivity index (χ3n) is 4.35. The Morgan fingerprint density at radius 3 is 2.39 bits per heavy atom. The van der Waals surface area contributed by atoms with E-state index in [-0.39, 0.29) is 5.91 Å². The summed E-state index contributed by atoms with van der Waals surface area (Å²) >= 11 is 0. The highest BCUT2D eigenvalue weighted by Crippen LogP contribution is 2.31. The predicted octanol–water partition coefficient (Wildman–Crippen LogP) is 0.641. The fourth-order valence-corrected chi connectivity index (χ4v) is 3.06. The summed E-state index contributed by atoms with van der Waals surface area (Å²) in [5.41, 5.74) is 1.47. The van der Waals surface area contributed by atoms with Crippen LogP contribution in [0.3, 0.4) is 0 Å². The molecule has 23 heavy (non-hydrogen) atoms. The summed E-state index contributed by atoms with van der Waals surface area (Å²) in [6.45, 7) is 2.58.